The van der Waals surface area contributed by atoms with Crippen LogP contribution < -0.4 is 15.0 Å². The maximum Gasteiger partial charge on any atom is 0.232 e. The van der Waals surface area contributed by atoms with Gasteiger partial charge in [0.05, 0.1) is 54.5 Å². The normalized spacial score (nSPS) is 17.1. The number of aromatic nitrogens is 2. The van der Waals surface area contributed by atoms with Crippen molar-refractivity contribution in [2.75, 3.05) is 43.1 Å². The molecule has 1 atom stereocenters. The van der Waals surface area contributed by atoms with Crippen molar-refractivity contribution in [1.29, 1.82) is 0 Å². The van der Waals surface area contributed by atoms with E-state index in [2.05, 4.69) is 15.3 Å². The smallest absolute Gasteiger partial charge is 0.232 e. The average molecular weight is 521 g/mol. The van der Waals surface area contributed by atoms with Crippen molar-refractivity contribution in [2.45, 2.75) is 12.3 Å². The Morgan fingerprint density at radius 2 is 1.84 bits per heavy atom. The number of nitrogens with one attached hydrogen (secondary N) is 1. The van der Waals surface area contributed by atoms with E-state index in [1.165, 1.54) is 12.4 Å². The van der Waals surface area contributed by atoms with Gasteiger partial charge in [-0.3, -0.25) is 14.8 Å². The first-order valence-corrected chi connectivity index (χ1v) is 12.3. The molecule has 1 saturated heterocycles. The highest BCUT2D eigenvalue weighted by Crippen LogP contribution is 2.40. The number of rotatable bonds is 4. The summed E-state index contributed by atoms with van der Waals surface area (Å²) < 4.78 is 54.0. The molecule has 4 heterocycles. The van der Waals surface area contributed by atoms with Crippen LogP contribution in [0, 0.1) is 17.5 Å². The van der Waals surface area contributed by atoms with Gasteiger partial charge in [-0.15, -0.1) is 0 Å². The van der Waals surface area contributed by atoms with Gasteiger partial charge in [0.25, 0.3) is 0 Å². The number of hydrogen-bond donors (Lipinski definition) is 1. The lowest BCUT2D eigenvalue weighted by atomic mass is 9.92. The lowest BCUT2D eigenvalue weighted by Gasteiger charge is -2.32. The zero-order valence-electron chi connectivity index (χ0n) is 20.2. The Morgan fingerprint density at radius 1 is 1.03 bits per heavy atom. The Balaban J connectivity index is 1.46. The molecule has 2 aliphatic rings. The molecule has 0 bridgehead atoms. The van der Waals surface area contributed by atoms with E-state index in [4.69, 9.17) is 9.47 Å². The van der Waals surface area contributed by atoms with Crippen LogP contribution in [0.2, 0.25) is 0 Å². The van der Waals surface area contributed by atoms with Crippen molar-refractivity contribution in [1.82, 2.24) is 9.97 Å². The van der Waals surface area contributed by atoms with Crippen LogP contribution in [0.5, 0.6) is 5.75 Å². The minimum Gasteiger partial charge on any atom is -0.493 e. The fourth-order valence-electron chi connectivity index (χ4n) is 5.09. The Bertz CT molecular complexity index is 1540. The van der Waals surface area contributed by atoms with Gasteiger partial charge < -0.3 is 19.7 Å². The maximum absolute atomic E-state index is 14.7. The van der Waals surface area contributed by atoms with Crippen LogP contribution in [-0.4, -0.2) is 48.8 Å². The van der Waals surface area contributed by atoms with Gasteiger partial charge in [-0.25, -0.2) is 13.2 Å². The van der Waals surface area contributed by atoms with Crippen LogP contribution in [0.25, 0.3) is 22.2 Å². The van der Waals surface area contributed by atoms with Gasteiger partial charge in [-0.1, -0.05) is 18.2 Å². The molecule has 0 radical (unpaired) electrons. The van der Waals surface area contributed by atoms with Crippen LogP contribution in [0.1, 0.15) is 17.9 Å². The highest BCUT2D eigenvalue weighted by Gasteiger charge is 2.29. The van der Waals surface area contributed by atoms with Crippen LogP contribution in [0.4, 0.5) is 24.5 Å². The minimum absolute atomic E-state index is 0.00384. The number of hydrogen-bond acceptors (Lipinski definition) is 6. The van der Waals surface area contributed by atoms with Crippen LogP contribution in [0.3, 0.4) is 0 Å². The third-order valence-corrected chi connectivity index (χ3v) is 6.87. The number of fused-ring (bicyclic) bond motifs is 2. The first kappa shape index (κ1) is 24.2. The molecule has 0 unspecified atom stereocenters. The standard InChI is InChI=1S/C28H23F3N4O3/c29-16-13-20(24(31)21(30)14-16)26-25-19(5-7-32-26)27(35-8-11-37-12-9-35)22(15-33-25)34-28(36)18-6-10-38-23-4-2-1-3-17(18)23/h1-5,7,13-15,18H,6,8-12H2,(H,34,36)/t18-/m0/s1. The number of halogens is 3. The molecular weight excluding hydrogens is 497 g/mol. The van der Waals surface area contributed by atoms with Crippen molar-refractivity contribution in [3.8, 4) is 17.0 Å². The quantitative estimate of drug-likeness (QED) is 0.380. The Labute approximate surface area is 216 Å². The number of nitrogens with zero attached hydrogens (tertiary/aromatic N) is 3. The summed E-state index contributed by atoms with van der Waals surface area (Å²) in [4.78, 5) is 24.3. The van der Waals surface area contributed by atoms with Gasteiger partial charge in [-0.2, -0.15) is 0 Å². The van der Waals surface area contributed by atoms with E-state index in [1.807, 2.05) is 29.2 Å². The predicted molar refractivity (Wildman–Crippen MR) is 136 cm³/mol. The summed E-state index contributed by atoms with van der Waals surface area (Å²) in [6.07, 6.45) is 3.44. The number of pyridine rings is 2. The molecule has 4 aromatic rings. The first-order valence-electron chi connectivity index (χ1n) is 12.3. The van der Waals surface area contributed by atoms with Crippen LogP contribution >= 0.6 is 0 Å². The predicted octanol–water partition coefficient (Wildman–Crippen LogP) is 5.06. The Hall–Kier alpha value is -4.18. The van der Waals surface area contributed by atoms with E-state index >= 15 is 0 Å². The van der Waals surface area contributed by atoms with Crippen LogP contribution in [0.15, 0.2) is 54.9 Å². The van der Waals surface area contributed by atoms with Gasteiger partial charge in [0.2, 0.25) is 5.91 Å². The molecule has 10 heteroatoms. The lowest BCUT2D eigenvalue weighted by molar-refractivity contribution is -0.118. The van der Waals surface area contributed by atoms with E-state index in [0.29, 0.717) is 67.9 Å². The summed E-state index contributed by atoms with van der Waals surface area (Å²) in [5, 5.41) is 3.61. The highest BCUT2D eigenvalue weighted by atomic mass is 19.2. The number of benzene rings is 2. The van der Waals surface area contributed by atoms with E-state index in [-0.39, 0.29) is 22.7 Å². The van der Waals surface area contributed by atoms with Crippen molar-refractivity contribution < 1.29 is 27.4 Å². The average Bonchev–Trinajstić information content (AvgIpc) is 2.94. The second-order valence-electron chi connectivity index (χ2n) is 9.14. The third kappa shape index (κ3) is 4.30. The number of carbonyl (C=O) groups is 1. The van der Waals surface area contributed by atoms with Crippen LogP contribution in [-0.2, 0) is 9.53 Å². The van der Waals surface area contributed by atoms with Gasteiger partial charge in [0.15, 0.2) is 11.6 Å². The molecular formula is C28H23F3N4O3. The summed E-state index contributed by atoms with van der Waals surface area (Å²) in [7, 11) is 0. The molecule has 0 saturated carbocycles. The van der Waals surface area contributed by atoms with Gasteiger partial charge in [0, 0.05) is 41.9 Å². The van der Waals surface area contributed by atoms with Gasteiger partial charge >= 0.3 is 0 Å². The number of morpholine rings is 1. The summed E-state index contributed by atoms with van der Waals surface area (Å²) in [6, 6.07) is 10.5. The molecule has 1 fully saturated rings. The molecule has 2 aromatic heterocycles. The monoisotopic (exact) mass is 520 g/mol. The van der Waals surface area contributed by atoms with Crippen molar-refractivity contribution in [3.05, 3.63) is 77.9 Å². The molecule has 7 nitrogen and oxygen atoms in total. The first-order chi connectivity index (χ1) is 18.5. The summed E-state index contributed by atoms with van der Waals surface area (Å²) in [5.41, 5.74) is 1.87. The number of anilines is 2. The summed E-state index contributed by atoms with van der Waals surface area (Å²) >= 11 is 0. The number of ether oxygens (including phenoxy) is 2. The van der Waals surface area contributed by atoms with Crippen molar-refractivity contribution in [3.63, 3.8) is 0 Å². The Kier molecular flexibility index (Phi) is 6.32. The minimum atomic E-state index is -1.31. The third-order valence-electron chi connectivity index (χ3n) is 6.87. The van der Waals surface area contributed by atoms with Crippen molar-refractivity contribution >= 4 is 28.2 Å². The summed E-state index contributed by atoms with van der Waals surface area (Å²) in [5.74, 6) is -3.38. The molecule has 0 aliphatic carbocycles. The second kappa shape index (κ2) is 9.94. The fraction of sp³-hybridized carbons (Fsp3) is 0.250. The molecule has 6 rings (SSSR count). The van der Waals surface area contributed by atoms with E-state index < -0.39 is 23.4 Å². The topological polar surface area (TPSA) is 76.6 Å². The van der Waals surface area contributed by atoms with Gasteiger partial charge in [0.1, 0.15) is 11.6 Å². The van der Waals surface area contributed by atoms with E-state index in [1.54, 1.807) is 6.07 Å². The molecule has 2 aromatic carbocycles. The molecule has 38 heavy (non-hydrogen) atoms. The zero-order chi connectivity index (χ0) is 26.2. The lowest BCUT2D eigenvalue weighted by Crippen LogP contribution is -2.37. The molecule has 0 spiro atoms. The second-order valence-corrected chi connectivity index (χ2v) is 9.14. The molecule has 1 amide bonds. The van der Waals surface area contributed by atoms with Gasteiger partial charge in [-0.05, 0) is 24.6 Å². The molecule has 1 N–H and O–H groups in total. The highest BCUT2D eigenvalue weighted by molar-refractivity contribution is 6.07. The number of carbonyl (C=O) groups excluding carboxylic acids is 1. The van der Waals surface area contributed by atoms with E-state index in [9.17, 15) is 18.0 Å². The SMILES string of the molecule is O=C(Nc1cnc2c(-c3cc(F)cc(F)c3F)nccc2c1N1CCOCC1)[C@H]1CCOc2ccccc21. The fourth-order valence-corrected chi connectivity index (χ4v) is 5.09. The number of amides is 1. The molecule has 2 aliphatic heterocycles. The molecule has 194 valence electrons. The van der Waals surface area contributed by atoms with E-state index in [0.717, 1.165) is 11.6 Å². The largest absolute Gasteiger partial charge is 0.493 e. The Morgan fingerprint density at radius 3 is 2.68 bits per heavy atom. The summed E-state index contributed by atoms with van der Waals surface area (Å²) in [6.45, 7) is 2.47. The maximum atomic E-state index is 14.7. The van der Waals surface area contributed by atoms with Crippen molar-refractivity contribution in [2.24, 2.45) is 0 Å². The zero-order valence-corrected chi connectivity index (χ0v) is 20.2. The number of para-hydroxylation sites is 1.